The van der Waals surface area contributed by atoms with Gasteiger partial charge in [0.05, 0.1) is 4.90 Å². The first-order valence-corrected chi connectivity index (χ1v) is 8.66. The zero-order chi connectivity index (χ0) is 14.8. The van der Waals surface area contributed by atoms with Crippen molar-refractivity contribution in [3.8, 4) is 0 Å². The van der Waals surface area contributed by atoms with Crippen LogP contribution in [-0.4, -0.2) is 28.1 Å². The summed E-state index contributed by atoms with van der Waals surface area (Å²) in [6, 6.07) is 3.84. The Morgan fingerprint density at radius 3 is 2.38 bits per heavy atom. The van der Waals surface area contributed by atoms with Crippen molar-refractivity contribution in [2.24, 2.45) is 5.92 Å². The predicted octanol–water partition coefficient (Wildman–Crippen LogP) is 2.31. The summed E-state index contributed by atoms with van der Waals surface area (Å²) >= 11 is 0. The smallest absolute Gasteiger partial charge is 0.241 e. The zero-order valence-electron chi connectivity index (χ0n) is 12.9. The number of piperidine rings is 1. The minimum Gasteiger partial charge on any atom is -0.316 e. The van der Waals surface area contributed by atoms with Gasteiger partial charge in [-0.15, -0.1) is 12.4 Å². The van der Waals surface area contributed by atoms with Crippen LogP contribution in [0.15, 0.2) is 17.0 Å². The largest absolute Gasteiger partial charge is 0.316 e. The Kier molecular flexibility index (Phi) is 6.66. The highest BCUT2D eigenvalue weighted by atomic mass is 35.5. The Bertz CT molecular complexity index is 558. The second-order valence-corrected chi connectivity index (χ2v) is 7.50. The van der Waals surface area contributed by atoms with Crippen molar-refractivity contribution in [1.29, 1.82) is 0 Å². The van der Waals surface area contributed by atoms with E-state index >= 15 is 0 Å². The zero-order valence-corrected chi connectivity index (χ0v) is 14.5. The fourth-order valence-corrected chi connectivity index (χ4v) is 4.55. The number of aryl methyl sites for hydroxylation is 3. The normalized spacial score (nSPS) is 19.1. The number of halogens is 1. The molecule has 6 heteroatoms. The molecule has 0 amide bonds. The fourth-order valence-electron chi connectivity index (χ4n) is 2.99. The van der Waals surface area contributed by atoms with Crippen molar-refractivity contribution in [1.82, 2.24) is 10.0 Å². The van der Waals surface area contributed by atoms with E-state index in [1.165, 1.54) is 0 Å². The molecule has 1 unspecified atom stereocenters. The van der Waals surface area contributed by atoms with Crippen molar-refractivity contribution in [2.75, 3.05) is 19.6 Å². The van der Waals surface area contributed by atoms with E-state index in [2.05, 4.69) is 10.0 Å². The molecule has 0 saturated carbocycles. The van der Waals surface area contributed by atoms with Gasteiger partial charge < -0.3 is 5.32 Å². The molecule has 0 bridgehead atoms. The lowest BCUT2D eigenvalue weighted by Gasteiger charge is -2.23. The number of rotatable bonds is 4. The van der Waals surface area contributed by atoms with E-state index in [0.29, 0.717) is 17.4 Å². The molecule has 2 rings (SSSR count). The molecular formula is C15H25ClN2O2S. The van der Waals surface area contributed by atoms with E-state index in [0.717, 1.165) is 42.6 Å². The monoisotopic (exact) mass is 332 g/mol. The van der Waals surface area contributed by atoms with Crippen molar-refractivity contribution >= 4 is 22.4 Å². The Morgan fingerprint density at radius 2 is 1.86 bits per heavy atom. The molecule has 21 heavy (non-hydrogen) atoms. The summed E-state index contributed by atoms with van der Waals surface area (Å²) in [5, 5.41) is 3.31. The van der Waals surface area contributed by atoms with Gasteiger partial charge in [-0.2, -0.15) is 0 Å². The van der Waals surface area contributed by atoms with Crippen LogP contribution < -0.4 is 10.0 Å². The molecule has 1 aromatic carbocycles. The van der Waals surface area contributed by atoms with E-state index in [-0.39, 0.29) is 12.4 Å². The Morgan fingerprint density at radius 1 is 1.24 bits per heavy atom. The van der Waals surface area contributed by atoms with Crippen LogP contribution in [0.2, 0.25) is 0 Å². The third-order valence-electron chi connectivity index (χ3n) is 3.83. The summed E-state index contributed by atoms with van der Waals surface area (Å²) in [5.74, 6) is 0.393. The molecular weight excluding hydrogens is 308 g/mol. The molecule has 1 aromatic rings. The molecule has 1 heterocycles. The van der Waals surface area contributed by atoms with E-state index in [4.69, 9.17) is 0 Å². The molecule has 1 saturated heterocycles. The van der Waals surface area contributed by atoms with Crippen LogP contribution >= 0.6 is 12.4 Å². The first-order valence-electron chi connectivity index (χ1n) is 7.18. The van der Waals surface area contributed by atoms with Crippen molar-refractivity contribution in [3.05, 3.63) is 28.8 Å². The Labute approximate surface area is 134 Å². The molecule has 4 nitrogen and oxygen atoms in total. The SMILES string of the molecule is Cc1cc(C)c(S(=O)(=O)NCC2CCCNC2)c(C)c1.Cl. The minimum absolute atomic E-state index is 0. The lowest BCUT2D eigenvalue weighted by atomic mass is 10.0. The molecule has 0 aliphatic carbocycles. The highest BCUT2D eigenvalue weighted by Crippen LogP contribution is 2.22. The van der Waals surface area contributed by atoms with E-state index < -0.39 is 10.0 Å². The molecule has 1 aliphatic rings. The standard InChI is InChI=1S/C15H24N2O2S.ClH/c1-11-7-12(2)15(13(3)8-11)20(18,19)17-10-14-5-4-6-16-9-14;/h7-8,14,16-17H,4-6,9-10H2,1-3H3;1H. The first kappa shape index (κ1) is 18.4. The third kappa shape index (κ3) is 4.68. The van der Waals surface area contributed by atoms with Crippen LogP contribution in [0, 0.1) is 26.7 Å². The van der Waals surface area contributed by atoms with Crippen molar-refractivity contribution in [3.63, 3.8) is 0 Å². The molecule has 0 radical (unpaired) electrons. The second kappa shape index (κ2) is 7.58. The predicted molar refractivity (Wildman–Crippen MR) is 88.7 cm³/mol. The van der Waals surface area contributed by atoms with Gasteiger partial charge in [0.25, 0.3) is 0 Å². The van der Waals surface area contributed by atoms with Gasteiger partial charge in [0.15, 0.2) is 0 Å². The maximum atomic E-state index is 12.5. The van der Waals surface area contributed by atoms with Crippen molar-refractivity contribution < 1.29 is 8.42 Å². The molecule has 120 valence electrons. The number of hydrogen-bond donors (Lipinski definition) is 2. The molecule has 1 fully saturated rings. The van der Waals surface area contributed by atoms with Gasteiger partial charge in [-0.3, -0.25) is 0 Å². The van der Waals surface area contributed by atoms with Gasteiger partial charge in [0, 0.05) is 6.54 Å². The second-order valence-electron chi connectivity index (χ2n) is 5.79. The lowest BCUT2D eigenvalue weighted by Crippen LogP contribution is -2.38. The summed E-state index contributed by atoms with van der Waals surface area (Å²) in [6.45, 7) is 8.15. The van der Waals surface area contributed by atoms with Gasteiger partial charge in [0.2, 0.25) is 10.0 Å². The number of hydrogen-bond acceptors (Lipinski definition) is 3. The highest BCUT2D eigenvalue weighted by molar-refractivity contribution is 7.89. The fraction of sp³-hybridized carbons (Fsp3) is 0.600. The van der Waals surface area contributed by atoms with Crippen LogP contribution in [-0.2, 0) is 10.0 Å². The van der Waals surface area contributed by atoms with Gasteiger partial charge in [0.1, 0.15) is 0 Å². The molecule has 1 aliphatic heterocycles. The lowest BCUT2D eigenvalue weighted by molar-refractivity contribution is 0.376. The highest BCUT2D eigenvalue weighted by Gasteiger charge is 2.22. The Hall–Kier alpha value is -0.620. The molecule has 1 atom stereocenters. The summed E-state index contributed by atoms with van der Waals surface area (Å²) in [7, 11) is -3.42. The maximum Gasteiger partial charge on any atom is 0.241 e. The number of sulfonamides is 1. The van der Waals surface area contributed by atoms with Gasteiger partial charge >= 0.3 is 0 Å². The average Bonchev–Trinajstić information content (AvgIpc) is 2.36. The van der Waals surface area contributed by atoms with Crippen LogP contribution in [0.1, 0.15) is 29.5 Å². The Balaban J connectivity index is 0.00000220. The number of nitrogens with one attached hydrogen (secondary N) is 2. The van der Waals surface area contributed by atoms with Crippen LogP contribution in [0.3, 0.4) is 0 Å². The quantitative estimate of drug-likeness (QED) is 0.889. The molecule has 2 N–H and O–H groups in total. The topological polar surface area (TPSA) is 58.2 Å². The minimum atomic E-state index is -3.42. The summed E-state index contributed by atoms with van der Waals surface area (Å²) < 4.78 is 27.8. The van der Waals surface area contributed by atoms with Crippen molar-refractivity contribution in [2.45, 2.75) is 38.5 Å². The summed E-state index contributed by atoms with van der Waals surface area (Å²) in [4.78, 5) is 0.437. The van der Waals surface area contributed by atoms with E-state index in [1.807, 2.05) is 32.9 Å². The average molecular weight is 333 g/mol. The van der Waals surface area contributed by atoms with Gasteiger partial charge in [-0.05, 0) is 63.7 Å². The van der Waals surface area contributed by atoms with Crippen LogP contribution in [0.25, 0.3) is 0 Å². The van der Waals surface area contributed by atoms with E-state index in [9.17, 15) is 8.42 Å². The molecule has 0 spiro atoms. The molecule has 0 aromatic heterocycles. The van der Waals surface area contributed by atoms with Gasteiger partial charge in [-0.1, -0.05) is 17.7 Å². The number of benzene rings is 1. The summed E-state index contributed by atoms with van der Waals surface area (Å²) in [5.41, 5.74) is 2.73. The first-order chi connectivity index (χ1) is 9.40. The van der Waals surface area contributed by atoms with Crippen LogP contribution in [0.5, 0.6) is 0 Å². The van der Waals surface area contributed by atoms with Crippen LogP contribution in [0.4, 0.5) is 0 Å². The summed E-state index contributed by atoms with van der Waals surface area (Å²) in [6.07, 6.45) is 2.20. The third-order valence-corrected chi connectivity index (χ3v) is 5.56. The van der Waals surface area contributed by atoms with E-state index in [1.54, 1.807) is 0 Å². The maximum absolute atomic E-state index is 12.5. The van der Waals surface area contributed by atoms with Gasteiger partial charge in [-0.25, -0.2) is 13.1 Å².